The maximum absolute atomic E-state index is 9.53. The second-order valence-corrected chi connectivity index (χ2v) is 7.02. The van der Waals surface area contributed by atoms with Crippen LogP contribution in [-0.4, -0.2) is 40.4 Å². The van der Waals surface area contributed by atoms with Gasteiger partial charge in [-0.15, -0.1) is 0 Å². The minimum atomic E-state index is 0.267. The number of aromatic amines is 1. The van der Waals surface area contributed by atoms with Crippen molar-refractivity contribution in [3.8, 4) is 6.07 Å². The van der Waals surface area contributed by atoms with Crippen molar-refractivity contribution in [3.05, 3.63) is 35.0 Å². The van der Waals surface area contributed by atoms with Crippen LogP contribution < -0.4 is 4.90 Å². The van der Waals surface area contributed by atoms with E-state index < -0.39 is 0 Å². The lowest BCUT2D eigenvalue weighted by Crippen LogP contribution is -2.22. The molecule has 1 saturated carbocycles. The molecule has 0 unspecified atom stereocenters. The highest BCUT2D eigenvalue weighted by molar-refractivity contribution is 5.58. The zero-order chi connectivity index (χ0) is 17.4. The van der Waals surface area contributed by atoms with Crippen LogP contribution in [0, 0.1) is 30.1 Å². The van der Waals surface area contributed by atoms with E-state index in [0.717, 1.165) is 42.0 Å². The number of methoxy groups -OCH3 is 1. The molecule has 7 heteroatoms. The van der Waals surface area contributed by atoms with Crippen LogP contribution >= 0.6 is 0 Å². The number of hydrogen-bond acceptors (Lipinski definition) is 6. The monoisotopic (exact) mass is 338 g/mol. The summed E-state index contributed by atoms with van der Waals surface area (Å²) in [5.74, 6) is 3.93. The molecule has 0 bridgehead atoms. The molecule has 130 valence electrons. The van der Waals surface area contributed by atoms with Gasteiger partial charge in [0.25, 0.3) is 0 Å². The molecular weight excluding hydrogens is 316 g/mol. The molecule has 3 heterocycles. The largest absolute Gasteiger partial charge is 0.377 e. The van der Waals surface area contributed by atoms with Crippen molar-refractivity contribution < 1.29 is 4.74 Å². The Morgan fingerprint density at radius 1 is 1.40 bits per heavy atom. The summed E-state index contributed by atoms with van der Waals surface area (Å²) >= 11 is 0. The average molecular weight is 338 g/mol. The van der Waals surface area contributed by atoms with Gasteiger partial charge in [0.05, 0.1) is 5.56 Å². The third kappa shape index (κ3) is 2.98. The fourth-order valence-electron chi connectivity index (χ4n) is 3.88. The number of anilines is 1. The van der Waals surface area contributed by atoms with E-state index >= 15 is 0 Å². The summed E-state index contributed by atoms with van der Waals surface area (Å²) in [5, 5.41) is 16.9. The number of aryl methyl sites for hydroxylation is 1. The van der Waals surface area contributed by atoms with E-state index in [4.69, 9.17) is 4.74 Å². The molecule has 1 aliphatic heterocycles. The van der Waals surface area contributed by atoms with Gasteiger partial charge in [0.15, 0.2) is 11.6 Å². The summed E-state index contributed by atoms with van der Waals surface area (Å²) < 4.78 is 5.13. The summed E-state index contributed by atoms with van der Waals surface area (Å²) in [6.07, 6.45) is 4.34. The van der Waals surface area contributed by atoms with E-state index in [1.165, 1.54) is 12.8 Å². The molecule has 2 aromatic heterocycles. The summed E-state index contributed by atoms with van der Waals surface area (Å²) in [4.78, 5) is 11.4. The zero-order valence-electron chi connectivity index (χ0n) is 14.6. The van der Waals surface area contributed by atoms with E-state index in [-0.39, 0.29) is 5.92 Å². The minimum Gasteiger partial charge on any atom is -0.377 e. The van der Waals surface area contributed by atoms with Crippen LogP contribution in [-0.2, 0) is 11.3 Å². The molecule has 1 aliphatic carbocycles. The Morgan fingerprint density at radius 3 is 2.96 bits per heavy atom. The average Bonchev–Trinajstić information content (AvgIpc) is 3.19. The standard InChI is InChI=1S/C18H22N6O/c1-11-5-6-20-18(13(11)7-19)24-8-14(12-3-4-12)15(9-24)17-21-16(10-25-2)22-23-17/h5-6,12,14-15H,3-4,8-10H2,1-2H3,(H,21,22,23)/t14-,15+/m1/s1. The number of pyridine rings is 1. The first-order valence-corrected chi connectivity index (χ1v) is 8.72. The Bertz CT molecular complexity index is 806. The molecule has 1 N–H and O–H groups in total. The van der Waals surface area contributed by atoms with Crippen molar-refractivity contribution in [2.75, 3.05) is 25.1 Å². The van der Waals surface area contributed by atoms with Crippen molar-refractivity contribution in [2.24, 2.45) is 11.8 Å². The third-order valence-corrected chi connectivity index (χ3v) is 5.30. The molecule has 7 nitrogen and oxygen atoms in total. The van der Waals surface area contributed by atoms with Gasteiger partial charge in [-0.1, -0.05) is 0 Å². The first-order chi connectivity index (χ1) is 12.2. The predicted molar refractivity (Wildman–Crippen MR) is 92.0 cm³/mol. The lowest BCUT2D eigenvalue weighted by molar-refractivity contribution is 0.178. The minimum absolute atomic E-state index is 0.267. The fourth-order valence-corrected chi connectivity index (χ4v) is 3.88. The normalized spacial score (nSPS) is 23.0. The Morgan fingerprint density at radius 2 is 2.24 bits per heavy atom. The number of nitrogens with one attached hydrogen (secondary N) is 1. The number of aromatic nitrogens is 4. The number of nitrogens with zero attached hydrogens (tertiary/aromatic N) is 5. The van der Waals surface area contributed by atoms with Crippen LogP contribution in [0.15, 0.2) is 12.3 Å². The second kappa shape index (κ2) is 6.45. The number of rotatable bonds is 5. The fraction of sp³-hybridized carbons (Fsp3) is 0.556. The molecule has 25 heavy (non-hydrogen) atoms. The van der Waals surface area contributed by atoms with Gasteiger partial charge in [0.2, 0.25) is 0 Å². The van der Waals surface area contributed by atoms with Crippen molar-refractivity contribution in [3.63, 3.8) is 0 Å². The van der Waals surface area contributed by atoms with Crippen LogP contribution in [0.4, 0.5) is 5.82 Å². The Kier molecular flexibility index (Phi) is 4.14. The maximum atomic E-state index is 9.53. The topological polar surface area (TPSA) is 90.7 Å². The van der Waals surface area contributed by atoms with Crippen LogP contribution in [0.1, 0.15) is 41.5 Å². The van der Waals surface area contributed by atoms with Crippen LogP contribution in [0.3, 0.4) is 0 Å². The highest BCUT2D eigenvalue weighted by atomic mass is 16.5. The van der Waals surface area contributed by atoms with E-state index in [9.17, 15) is 5.26 Å². The molecule has 2 atom stereocenters. The van der Waals surface area contributed by atoms with Gasteiger partial charge in [-0.2, -0.15) is 10.4 Å². The predicted octanol–water partition coefficient (Wildman–Crippen LogP) is 2.16. The maximum Gasteiger partial charge on any atom is 0.156 e. The molecule has 4 rings (SSSR count). The molecular formula is C18H22N6O. The lowest BCUT2D eigenvalue weighted by atomic mass is 9.91. The molecule has 0 aromatic carbocycles. The molecule has 2 fully saturated rings. The molecule has 1 saturated heterocycles. The molecule has 0 amide bonds. The molecule has 0 radical (unpaired) electrons. The van der Waals surface area contributed by atoms with Gasteiger partial charge in [0, 0.05) is 32.3 Å². The number of H-pyrrole nitrogens is 1. The first kappa shape index (κ1) is 16.0. The van der Waals surface area contributed by atoms with Crippen molar-refractivity contribution >= 4 is 5.82 Å². The quantitative estimate of drug-likeness (QED) is 0.898. The number of ether oxygens (including phenoxy) is 1. The van der Waals surface area contributed by atoms with E-state index in [1.807, 2.05) is 13.0 Å². The number of hydrogen-bond donors (Lipinski definition) is 1. The summed E-state index contributed by atoms with van der Waals surface area (Å²) in [6.45, 7) is 4.11. The van der Waals surface area contributed by atoms with Crippen molar-refractivity contribution in [1.82, 2.24) is 20.2 Å². The third-order valence-electron chi connectivity index (χ3n) is 5.30. The Balaban J connectivity index is 1.63. The van der Waals surface area contributed by atoms with Crippen LogP contribution in [0.5, 0.6) is 0 Å². The van der Waals surface area contributed by atoms with Crippen molar-refractivity contribution in [2.45, 2.75) is 32.3 Å². The Labute approximate surface area is 147 Å². The first-order valence-electron chi connectivity index (χ1n) is 8.72. The van der Waals surface area contributed by atoms with Crippen LogP contribution in [0.2, 0.25) is 0 Å². The zero-order valence-corrected chi connectivity index (χ0v) is 14.6. The Hall–Kier alpha value is -2.46. The van der Waals surface area contributed by atoms with Gasteiger partial charge in [-0.25, -0.2) is 9.97 Å². The lowest BCUT2D eigenvalue weighted by Gasteiger charge is -2.19. The van der Waals surface area contributed by atoms with Crippen molar-refractivity contribution in [1.29, 1.82) is 5.26 Å². The van der Waals surface area contributed by atoms with Gasteiger partial charge in [0.1, 0.15) is 18.5 Å². The molecule has 2 aliphatic rings. The summed E-state index contributed by atoms with van der Waals surface area (Å²) in [7, 11) is 1.65. The smallest absolute Gasteiger partial charge is 0.156 e. The van der Waals surface area contributed by atoms with Gasteiger partial charge < -0.3 is 9.64 Å². The summed E-state index contributed by atoms with van der Waals surface area (Å²) in [5.41, 5.74) is 1.65. The van der Waals surface area contributed by atoms with E-state index in [1.54, 1.807) is 13.3 Å². The van der Waals surface area contributed by atoms with E-state index in [0.29, 0.717) is 18.1 Å². The van der Waals surface area contributed by atoms with Gasteiger partial charge >= 0.3 is 0 Å². The second-order valence-electron chi connectivity index (χ2n) is 7.02. The highest BCUT2D eigenvalue weighted by Gasteiger charge is 2.45. The van der Waals surface area contributed by atoms with E-state index in [2.05, 4.69) is 31.1 Å². The molecule has 0 spiro atoms. The van der Waals surface area contributed by atoms with Crippen LogP contribution in [0.25, 0.3) is 0 Å². The summed E-state index contributed by atoms with van der Waals surface area (Å²) in [6, 6.07) is 4.21. The number of nitriles is 1. The molecule has 2 aromatic rings. The SMILES string of the molecule is COCc1nc([C@H]2CN(c3nccc(C)c3C#N)C[C@@H]2C2CC2)n[nH]1. The highest BCUT2D eigenvalue weighted by Crippen LogP contribution is 2.47. The van der Waals surface area contributed by atoms with Gasteiger partial charge in [-0.05, 0) is 43.2 Å². The van der Waals surface area contributed by atoms with Gasteiger partial charge in [-0.3, -0.25) is 5.10 Å².